The number of aromatic nitrogens is 2. The summed E-state index contributed by atoms with van der Waals surface area (Å²) in [5.41, 5.74) is 2.43. The minimum atomic E-state index is -0.442. The first-order chi connectivity index (χ1) is 13.4. The number of halogens is 3. The van der Waals surface area contributed by atoms with Crippen LogP contribution in [0.5, 0.6) is 0 Å². The molecule has 2 aromatic carbocycles. The molecule has 0 saturated carbocycles. The third-order valence-electron chi connectivity index (χ3n) is 4.30. The van der Waals surface area contributed by atoms with Crippen molar-refractivity contribution in [2.75, 3.05) is 5.32 Å². The lowest BCUT2D eigenvalue weighted by molar-refractivity contribution is 0.102. The zero-order valence-electron chi connectivity index (χ0n) is 14.7. The summed E-state index contributed by atoms with van der Waals surface area (Å²) < 4.78 is 16.2. The van der Waals surface area contributed by atoms with Crippen LogP contribution in [0.15, 0.2) is 60.8 Å². The molecule has 0 atom stereocenters. The normalized spacial score (nSPS) is 11.0. The van der Waals surface area contributed by atoms with E-state index in [9.17, 15) is 9.18 Å². The van der Waals surface area contributed by atoms with E-state index in [0.29, 0.717) is 27.7 Å². The van der Waals surface area contributed by atoms with Gasteiger partial charge in [0.15, 0.2) is 0 Å². The van der Waals surface area contributed by atoms with Crippen molar-refractivity contribution in [3.63, 3.8) is 0 Å². The van der Waals surface area contributed by atoms with Gasteiger partial charge in [0, 0.05) is 16.8 Å². The molecule has 2 aromatic heterocycles. The van der Waals surface area contributed by atoms with Gasteiger partial charge in [-0.25, -0.2) is 9.37 Å². The van der Waals surface area contributed by atoms with Crippen molar-refractivity contribution >= 4 is 40.6 Å². The molecule has 28 heavy (non-hydrogen) atoms. The Morgan fingerprint density at radius 3 is 2.64 bits per heavy atom. The third kappa shape index (κ3) is 3.35. The Balaban J connectivity index is 1.87. The van der Waals surface area contributed by atoms with Crippen LogP contribution in [0.3, 0.4) is 0 Å². The summed E-state index contributed by atoms with van der Waals surface area (Å²) in [6.07, 6.45) is 1.83. The molecule has 0 saturated heterocycles. The van der Waals surface area contributed by atoms with Crippen LogP contribution in [0.2, 0.25) is 10.0 Å². The van der Waals surface area contributed by atoms with Crippen LogP contribution in [0.25, 0.3) is 16.9 Å². The second-order valence-corrected chi connectivity index (χ2v) is 7.15. The predicted molar refractivity (Wildman–Crippen MR) is 110 cm³/mol. The van der Waals surface area contributed by atoms with Crippen LogP contribution in [0.4, 0.5) is 10.2 Å². The number of rotatable bonds is 3. The molecule has 1 amide bonds. The van der Waals surface area contributed by atoms with E-state index in [1.807, 2.05) is 25.3 Å². The highest BCUT2D eigenvalue weighted by Gasteiger charge is 2.20. The number of hydrogen-bond acceptors (Lipinski definition) is 2. The Morgan fingerprint density at radius 1 is 1.11 bits per heavy atom. The lowest BCUT2D eigenvalue weighted by atomic mass is 10.1. The number of anilines is 1. The fraction of sp³-hybridized carbons (Fsp3) is 0.0476. The monoisotopic (exact) mass is 413 g/mol. The number of pyridine rings is 1. The van der Waals surface area contributed by atoms with E-state index < -0.39 is 11.7 Å². The van der Waals surface area contributed by atoms with E-state index >= 15 is 0 Å². The standard InChI is InChI=1S/C21H14Cl2FN3O/c1-12-6-9-18-25-19(15-4-2-3-5-17(15)24)20(27(18)11-12)26-21(28)14-8-7-13(22)10-16(14)23/h2-11H,1H3,(H,26,28). The van der Waals surface area contributed by atoms with Gasteiger partial charge in [0.05, 0.1) is 10.6 Å². The summed E-state index contributed by atoms with van der Waals surface area (Å²) in [6.45, 7) is 1.92. The van der Waals surface area contributed by atoms with Crippen molar-refractivity contribution in [1.29, 1.82) is 0 Å². The summed E-state index contributed by atoms with van der Waals surface area (Å²) >= 11 is 12.1. The summed E-state index contributed by atoms with van der Waals surface area (Å²) in [5.74, 6) is -0.509. The molecular weight excluding hydrogens is 400 g/mol. The molecule has 4 rings (SSSR count). The van der Waals surface area contributed by atoms with Gasteiger partial charge in [0.2, 0.25) is 0 Å². The van der Waals surface area contributed by atoms with E-state index in [1.54, 1.807) is 28.7 Å². The summed E-state index contributed by atoms with van der Waals surface area (Å²) in [6, 6.07) is 14.6. The first kappa shape index (κ1) is 18.5. The second-order valence-electron chi connectivity index (χ2n) is 6.30. The van der Waals surface area contributed by atoms with Gasteiger partial charge in [0.25, 0.3) is 5.91 Å². The van der Waals surface area contributed by atoms with Crippen LogP contribution in [-0.4, -0.2) is 15.3 Å². The molecule has 4 nitrogen and oxygen atoms in total. The number of carbonyl (C=O) groups is 1. The average molecular weight is 414 g/mol. The highest BCUT2D eigenvalue weighted by Crippen LogP contribution is 2.32. The van der Waals surface area contributed by atoms with E-state index in [-0.39, 0.29) is 10.6 Å². The molecule has 4 aromatic rings. The fourth-order valence-corrected chi connectivity index (χ4v) is 3.45. The number of carbonyl (C=O) groups excluding carboxylic acids is 1. The van der Waals surface area contributed by atoms with E-state index in [0.717, 1.165) is 5.56 Å². The van der Waals surface area contributed by atoms with Crippen molar-refractivity contribution in [2.45, 2.75) is 6.92 Å². The number of hydrogen-bond donors (Lipinski definition) is 1. The smallest absolute Gasteiger partial charge is 0.258 e. The number of nitrogens with one attached hydrogen (secondary N) is 1. The number of benzene rings is 2. The number of aryl methyl sites for hydroxylation is 1. The number of amides is 1. The molecule has 0 spiro atoms. The molecule has 0 aliphatic rings. The molecular formula is C21H14Cl2FN3O. The van der Waals surface area contributed by atoms with Crippen molar-refractivity contribution in [2.24, 2.45) is 0 Å². The van der Waals surface area contributed by atoms with E-state index in [1.165, 1.54) is 18.2 Å². The van der Waals surface area contributed by atoms with Gasteiger partial charge in [-0.15, -0.1) is 0 Å². The zero-order chi connectivity index (χ0) is 19.8. The Morgan fingerprint density at radius 2 is 1.89 bits per heavy atom. The number of imidazole rings is 1. The van der Waals surface area contributed by atoms with Gasteiger partial charge in [-0.05, 0) is 48.9 Å². The van der Waals surface area contributed by atoms with Gasteiger partial charge in [-0.1, -0.05) is 41.4 Å². The molecule has 0 aliphatic carbocycles. The van der Waals surface area contributed by atoms with E-state index in [2.05, 4.69) is 10.3 Å². The van der Waals surface area contributed by atoms with Gasteiger partial charge >= 0.3 is 0 Å². The van der Waals surface area contributed by atoms with Crippen LogP contribution in [-0.2, 0) is 0 Å². The highest BCUT2D eigenvalue weighted by atomic mass is 35.5. The molecule has 0 fully saturated rings. The minimum absolute atomic E-state index is 0.224. The average Bonchev–Trinajstić information content (AvgIpc) is 2.99. The molecule has 0 bridgehead atoms. The SMILES string of the molecule is Cc1ccc2nc(-c3ccccc3F)c(NC(=O)c3ccc(Cl)cc3Cl)n2c1. The van der Waals surface area contributed by atoms with Gasteiger partial charge < -0.3 is 5.32 Å². The molecule has 0 radical (unpaired) electrons. The lowest BCUT2D eigenvalue weighted by Crippen LogP contribution is -2.14. The van der Waals surface area contributed by atoms with Gasteiger partial charge in [0.1, 0.15) is 23.0 Å². The molecule has 2 heterocycles. The topological polar surface area (TPSA) is 46.4 Å². The molecule has 1 N–H and O–H groups in total. The summed E-state index contributed by atoms with van der Waals surface area (Å²) in [4.78, 5) is 17.4. The fourth-order valence-electron chi connectivity index (χ4n) is 2.96. The Kier molecular flexibility index (Phi) is 4.79. The van der Waals surface area contributed by atoms with Gasteiger partial charge in [-0.2, -0.15) is 0 Å². The second kappa shape index (κ2) is 7.26. The first-order valence-corrected chi connectivity index (χ1v) is 9.19. The molecule has 0 unspecified atom stereocenters. The number of fused-ring (bicyclic) bond motifs is 1. The van der Waals surface area contributed by atoms with Crippen molar-refractivity contribution in [3.8, 4) is 11.3 Å². The molecule has 0 aliphatic heterocycles. The Labute approximate surface area is 170 Å². The highest BCUT2D eigenvalue weighted by molar-refractivity contribution is 6.37. The Bertz CT molecular complexity index is 1220. The van der Waals surface area contributed by atoms with Crippen LogP contribution in [0, 0.1) is 12.7 Å². The van der Waals surface area contributed by atoms with Crippen molar-refractivity contribution in [3.05, 3.63) is 87.8 Å². The third-order valence-corrected chi connectivity index (χ3v) is 4.85. The lowest BCUT2D eigenvalue weighted by Gasteiger charge is -2.10. The molecule has 7 heteroatoms. The number of nitrogens with zero attached hydrogens (tertiary/aromatic N) is 2. The van der Waals surface area contributed by atoms with Crippen molar-refractivity contribution in [1.82, 2.24) is 9.38 Å². The summed E-state index contributed by atoms with van der Waals surface area (Å²) in [7, 11) is 0. The van der Waals surface area contributed by atoms with Crippen LogP contribution < -0.4 is 5.32 Å². The summed E-state index contributed by atoms with van der Waals surface area (Å²) in [5, 5.41) is 3.48. The van der Waals surface area contributed by atoms with Crippen LogP contribution in [0.1, 0.15) is 15.9 Å². The van der Waals surface area contributed by atoms with E-state index in [4.69, 9.17) is 23.2 Å². The quantitative estimate of drug-likeness (QED) is 0.447. The zero-order valence-corrected chi connectivity index (χ0v) is 16.2. The van der Waals surface area contributed by atoms with Gasteiger partial charge in [-0.3, -0.25) is 9.20 Å². The van der Waals surface area contributed by atoms with Crippen LogP contribution >= 0.6 is 23.2 Å². The minimum Gasteiger partial charge on any atom is -0.306 e. The Hall–Kier alpha value is -2.89. The largest absolute Gasteiger partial charge is 0.306 e. The maximum absolute atomic E-state index is 14.4. The maximum Gasteiger partial charge on any atom is 0.258 e. The predicted octanol–water partition coefficient (Wildman–Crippen LogP) is 6.01. The maximum atomic E-state index is 14.4. The molecule has 140 valence electrons. The van der Waals surface area contributed by atoms with Crippen molar-refractivity contribution < 1.29 is 9.18 Å². The first-order valence-electron chi connectivity index (χ1n) is 8.44.